The second kappa shape index (κ2) is 7.91. The quantitative estimate of drug-likeness (QED) is 0.660. The number of unbranched alkanes of at least 4 members (excludes halogenated alkanes) is 3. The van der Waals surface area contributed by atoms with Crippen molar-refractivity contribution in [1.82, 2.24) is 0 Å². The SMILES string of the molecule is CCCCCC#C[C@H]1C=Cc2cc(OC)c(OC)cc2[C@H]1O. The van der Waals surface area contributed by atoms with Crippen LogP contribution in [0.4, 0.5) is 0 Å². The van der Waals surface area contributed by atoms with E-state index in [4.69, 9.17) is 9.47 Å². The van der Waals surface area contributed by atoms with Crippen molar-refractivity contribution in [2.45, 2.75) is 38.7 Å². The van der Waals surface area contributed by atoms with Crippen molar-refractivity contribution < 1.29 is 14.6 Å². The lowest BCUT2D eigenvalue weighted by molar-refractivity contribution is 0.152. The highest BCUT2D eigenvalue weighted by atomic mass is 16.5. The number of aliphatic hydroxyl groups is 1. The Kier molecular flexibility index (Phi) is 5.91. The maximum absolute atomic E-state index is 10.6. The number of hydrogen-bond donors (Lipinski definition) is 1. The first kappa shape index (κ1) is 16.5. The Labute approximate surface area is 133 Å². The first-order chi connectivity index (χ1) is 10.7. The number of fused-ring (bicyclic) bond motifs is 1. The average Bonchev–Trinajstić information content (AvgIpc) is 2.55. The first-order valence-corrected chi connectivity index (χ1v) is 7.81. The standard InChI is InChI=1S/C19H24O3/c1-4-5-6-7-8-9-14-10-11-15-12-17(21-2)18(22-3)13-16(15)19(14)20/h10-14,19-20H,4-7H2,1-3H3/t14-,19-/m0/s1. The van der Waals surface area contributed by atoms with E-state index in [1.54, 1.807) is 14.2 Å². The largest absolute Gasteiger partial charge is 0.493 e. The van der Waals surface area contributed by atoms with Gasteiger partial charge in [0.1, 0.15) is 0 Å². The number of rotatable bonds is 5. The zero-order valence-corrected chi connectivity index (χ0v) is 13.6. The van der Waals surface area contributed by atoms with Crippen LogP contribution in [-0.2, 0) is 0 Å². The summed E-state index contributed by atoms with van der Waals surface area (Å²) in [4.78, 5) is 0. The second-order valence-corrected chi connectivity index (χ2v) is 5.44. The highest BCUT2D eigenvalue weighted by Gasteiger charge is 2.24. The van der Waals surface area contributed by atoms with E-state index in [0.717, 1.165) is 24.0 Å². The summed E-state index contributed by atoms with van der Waals surface area (Å²) < 4.78 is 10.6. The van der Waals surface area contributed by atoms with Gasteiger partial charge in [-0.15, -0.1) is 5.92 Å². The van der Waals surface area contributed by atoms with Gasteiger partial charge in [0.25, 0.3) is 0 Å². The summed E-state index contributed by atoms with van der Waals surface area (Å²) in [5.41, 5.74) is 1.79. The molecule has 3 nitrogen and oxygen atoms in total. The van der Waals surface area contributed by atoms with Gasteiger partial charge in [0.05, 0.1) is 26.2 Å². The Morgan fingerprint density at radius 1 is 1.14 bits per heavy atom. The van der Waals surface area contributed by atoms with Gasteiger partial charge in [-0.25, -0.2) is 0 Å². The van der Waals surface area contributed by atoms with E-state index in [1.807, 2.05) is 24.3 Å². The second-order valence-electron chi connectivity index (χ2n) is 5.44. The molecule has 0 saturated carbocycles. The third kappa shape index (κ3) is 3.64. The molecular weight excluding hydrogens is 276 g/mol. The lowest BCUT2D eigenvalue weighted by Crippen LogP contribution is -2.14. The smallest absolute Gasteiger partial charge is 0.161 e. The summed E-state index contributed by atoms with van der Waals surface area (Å²) in [6, 6.07) is 3.73. The monoisotopic (exact) mass is 300 g/mol. The summed E-state index contributed by atoms with van der Waals surface area (Å²) in [5.74, 6) is 7.50. The van der Waals surface area contributed by atoms with Crippen LogP contribution >= 0.6 is 0 Å². The number of methoxy groups -OCH3 is 2. The molecule has 1 aromatic rings. The Bertz CT molecular complexity index is 593. The molecule has 2 rings (SSSR count). The zero-order valence-electron chi connectivity index (χ0n) is 13.6. The third-order valence-electron chi connectivity index (χ3n) is 3.91. The maximum atomic E-state index is 10.6. The predicted octanol–water partition coefficient (Wildman–Crippen LogP) is 3.96. The van der Waals surface area contributed by atoms with Crippen LogP contribution < -0.4 is 9.47 Å². The van der Waals surface area contributed by atoms with Gasteiger partial charge in [-0.1, -0.05) is 37.8 Å². The zero-order chi connectivity index (χ0) is 15.9. The Hall–Kier alpha value is -1.92. The minimum atomic E-state index is -0.626. The van der Waals surface area contributed by atoms with Crippen molar-refractivity contribution >= 4 is 6.08 Å². The molecule has 0 spiro atoms. The van der Waals surface area contributed by atoms with Crippen molar-refractivity contribution in [3.63, 3.8) is 0 Å². The Morgan fingerprint density at radius 3 is 2.55 bits per heavy atom. The third-order valence-corrected chi connectivity index (χ3v) is 3.91. The molecule has 22 heavy (non-hydrogen) atoms. The molecule has 0 unspecified atom stereocenters. The lowest BCUT2D eigenvalue weighted by atomic mass is 9.86. The summed E-state index contributed by atoms with van der Waals surface area (Å²) in [7, 11) is 3.21. The van der Waals surface area contributed by atoms with Gasteiger partial charge in [0, 0.05) is 6.42 Å². The molecule has 0 aromatic heterocycles. The molecule has 1 N–H and O–H groups in total. The molecule has 0 heterocycles. The van der Waals surface area contributed by atoms with E-state index >= 15 is 0 Å². The van der Waals surface area contributed by atoms with Crippen LogP contribution in [0.1, 0.15) is 49.8 Å². The molecule has 0 amide bonds. The summed E-state index contributed by atoms with van der Waals surface area (Å²) in [6.07, 6.45) is 7.75. The molecule has 118 valence electrons. The molecule has 0 aliphatic heterocycles. The molecule has 0 fully saturated rings. The predicted molar refractivity (Wildman–Crippen MR) is 88.9 cm³/mol. The Morgan fingerprint density at radius 2 is 1.86 bits per heavy atom. The highest BCUT2D eigenvalue weighted by molar-refractivity contribution is 5.64. The van der Waals surface area contributed by atoms with Gasteiger partial charge in [0.2, 0.25) is 0 Å². The number of benzene rings is 1. The van der Waals surface area contributed by atoms with Gasteiger partial charge < -0.3 is 14.6 Å². The van der Waals surface area contributed by atoms with Crippen LogP contribution in [-0.4, -0.2) is 19.3 Å². The molecule has 1 aliphatic rings. The number of aliphatic hydroxyl groups excluding tert-OH is 1. The van der Waals surface area contributed by atoms with Crippen LogP contribution in [0.3, 0.4) is 0 Å². The summed E-state index contributed by atoms with van der Waals surface area (Å²) in [5, 5.41) is 10.6. The van der Waals surface area contributed by atoms with E-state index in [1.165, 1.54) is 12.8 Å². The normalized spacial score (nSPS) is 19.1. The van der Waals surface area contributed by atoms with Gasteiger partial charge in [-0.05, 0) is 29.7 Å². The van der Waals surface area contributed by atoms with Crippen LogP contribution in [0.15, 0.2) is 18.2 Å². The fourth-order valence-corrected chi connectivity index (χ4v) is 2.60. The first-order valence-electron chi connectivity index (χ1n) is 7.81. The fraction of sp³-hybridized carbons (Fsp3) is 0.474. The van der Waals surface area contributed by atoms with Crippen LogP contribution in [0.2, 0.25) is 0 Å². The molecule has 0 saturated heterocycles. The summed E-state index contributed by atoms with van der Waals surface area (Å²) in [6.45, 7) is 2.18. The van der Waals surface area contributed by atoms with E-state index in [2.05, 4.69) is 18.8 Å². The van der Waals surface area contributed by atoms with Crippen LogP contribution in [0.5, 0.6) is 11.5 Å². The molecule has 1 aromatic carbocycles. The minimum Gasteiger partial charge on any atom is -0.493 e. The molecule has 1 aliphatic carbocycles. The molecule has 0 bridgehead atoms. The highest BCUT2D eigenvalue weighted by Crippen LogP contribution is 2.39. The van der Waals surface area contributed by atoms with Gasteiger partial charge in [0.15, 0.2) is 11.5 Å². The van der Waals surface area contributed by atoms with E-state index < -0.39 is 6.10 Å². The molecule has 2 atom stereocenters. The van der Waals surface area contributed by atoms with Gasteiger partial charge >= 0.3 is 0 Å². The topological polar surface area (TPSA) is 38.7 Å². The minimum absolute atomic E-state index is 0.160. The van der Waals surface area contributed by atoms with Crippen molar-refractivity contribution in [3.8, 4) is 23.3 Å². The van der Waals surface area contributed by atoms with Crippen molar-refractivity contribution in [1.29, 1.82) is 0 Å². The van der Waals surface area contributed by atoms with E-state index in [-0.39, 0.29) is 5.92 Å². The Balaban J connectivity index is 2.17. The average molecular weight is 300 g/mol. The van der Waals surface area contributed by atoms with Crippen molar-refractivity contribution in [2.24, 2.45) is 5.92 Å². The molecular formula is C19H24O3. The van der Waals surface area contributed by atoms with E-state index in [0.29, 0.717) is 11.5 Å². The van der Waals surface area contributed by atoms with Gasteiger partial charge in [-0.3, -0.25) is 0 Å². The van der Waals surface area contributed by atoms with Crippen molar-refractivity contribution in [3.05, 3.63) is 29.3 Å². The van der Waals surface area contributed by atoms with Gasteiger partial charge in [-0.2, -0.15) is 0 Å². The molecule has 3 heteroatoms. The number of hydrogen-bond acceptors (Lipinski definition) is 3. The lowest BCUT2D eigenvalue weighted by Gasteiger charge is -2.23. The van der Waals surface area contributed by atoms with Crippen LogP contribution in [0.25, 0.3) is 6.08 Å². The van der Waals surface area contributed by atoms with Crippen molar-refractivity contribution in [2.75, 3.05) is 14.2 Å². The number of ether oxygens (including phenoxy) is 2. The fourth-order valence-electron chi connectivity index (χ4n) is 2.60. The van der Waals surface area contributed by atoms with E-state index in [9.17, 15) is 5.11 Å². The van der Waals surface area contributed by atoms with Crippen LogP contribution in [0, 0.1) is 17.8 Å². The maximum Gasteiger partial charge on any atom is 0.161 e. The summed E-state index contributed by atoms with van der Waals surface area (Å²) >= 11 is 0. The molecule has 0 radical (unpaired) electrons.